The summed E-state index contributed by atoms with van der Waals surface area (Å²) in [7, 11) is 0. The maximum atomic E-state index is 3.76. The molecule has 0 atom stereocenters. The molecule has 0 aromatic rings. The molecule has 0 aliphatic carbocycles. The third kappa shape index (κ3) is 12.2. The second kappa shape index (κ2) is 11.7. The minimum atomic E-state index is 0.998. The van der Waals surface area contributed by atoms with Crippen LogP contribution in [-0.2, 0) is 0 Å². The summed E-state index contributed by atoms with van der Waals surface area (Å²) < 4.78 is 0. The van der Waals surface area contributed by atoms with Gasteiger partial charge in [-0.25, -0.2) is 0 Å². The Labute approximate surface area is 70.6 Å². The van der Waals surface area contributed by atoms with Gasteiger partial charge in [-0.2, -0.15) is 0 Å². The summed E-state index contributed by atoms with van der Waals surface area (Å²) in [6, 6.07) is 0. The second-order valence-electron chi connectivity index (χ2n) is 1.67. The van der Waals surface area contributed by atoms with E-state index in [-0.39, 0.29) is 0 Å². The van der Waals surface area contributed by atoms with Crippen LogP contribution in [0, 0.1) is 0 Å². The molecule has 0 heterocycles. The smallest absolute Gasteiger partial charge is 0.0332 e. The molecule has 0 nitrogen and oxygen atoms in total. The highest BCUT2D eigenvalue weighted by Gasteiger charge is 1.72. The van der Waals surface area contributed by atoms with E-state index in [0.717, 1.165) is 5.57 Å². The van der Waals surface area contributed by atoms with Crippen molar-refractivity contribution in [2.24, 2.45) is 0 Å². The van der Waals surface area contributed by atoms with Crippen molar-refractivity contribution < 1.29 is 0 Å². The van der Waals surface area contributed by atoms with Crippen molar-refractivity contribution in [3.8, 4) is 0 Å². The molecule has 62 valence electrons. The van der Waals surface area contributed by atoms with Gasteiger partial charge in [0.15, 0.2) is 0 Å². The van der Waals surface area contributed by atoms with E-state index in [1.807, 2.05) is 45.1 Å². The molecule has 0 fully saturated rings. The second-order valence-corrected chi connectivity index (χ2v) is 1.67. The van der Waals surface area contributed by atoms with E-state index >= 15 is 0 Å². The lowest BCUT2D eigenvalue weighted by Crippen LogP contribution is -1.62. The van der Waals surface area contributed by atoms with Crippen LogP contribution in [0.15, 0.2) is 49.1 Å². The average Bonchev–Trinajstić information content (AvgIpc) is 2.05. The molecular weight excluding hydrogens is 132 g/mol. The first-order chi connectivity index (χ1) is 5.31. The molecule has 0 spiro atoms. The number of hydrogen-bond donors (Lipinski definition) is 0. The highest BCUT2D eigenvalue weighted by Crippen LogP contribution is 1.93. The van der Waals surface area contributed by atoms with Gasteiger partial charge in [-0.05, 0) is 12.5 Å². The summed E-state index contributed by atoms with van der Waals surface area (Å²) in [5.74, 6) is 0. The zero-order valence-electron chi connectivity index (χ0n) is 7.80. The van der Waals surface area contributed by atoms with Crippen LogP contribution in [0.3, 0.4) is 0 Å². The molecule has 0 aromatic heterocycles. The lowest BCUT2D eigenvalue weighted by atomic mass is 10.2. The summed E-state index contributed by atoms with van der Waals surface area (Å²) in [5, 5.41) is 0. The Morgan fingerprint density at radius 1 is 1.18 bits per heavy atom. The van der Waals surface area contributed by atoms with Crippen LogP contribution >= 0.6 is 0 Å². The zero-order chi connectivity index (χ0) is 9.11. The van der Waals surface area contributed by atoms with Gasteiger partial charge in [-0.15, -0.1) is 0 Å². The van der Waals surface area contributed by atoms with E-state index in [1.54, 1.807) is 6.08 Å². The van der Waals surface area contributed by atoms with E-state index in [9.17, 15) is 0 Å². The van der Waals surface area contributed by atoms with Gasteiger partial charge in [0.1, 0.15) is 0 Å². The van der Waals surface area contributed by atoms with E-state index in [1.165, 1.54) is 0 Å². The van der Waals surface area contributed by atoms with E-state index in [0.29, 0.717) is 0 Å². The molecule has 0 bridgehead atoms. The largest absolute Gasteiger partial charge is 0.0991 e. The lowest BCUT2D eigenvalue weighted by molar-refractivity contribution is 1.50. The fraction of sp³-hybridized carbons (Fsp3) is 0.273. The summed E-state index contributed by atoms with van der Waals surface area (Å²) in [6.45, 7) is 13.3. The minimum Gasteiger partial charge on any atom is -0.0991 e. The van der Waals surface area contributed by atoms with E-state index < -0.39 is 0 Å². The normalized spacial score (nSPS) is 9.36. The average molecular weight is 150 g/mol. The topological polar surface area (TPSA) is 0 Å². The molecule has 0 heteroatoms. The molecule has 0 radical (unpaired) electrons. The molecule has 0 rings (SSSR count). The molecule has 0 unspecified atom stereocenters. The van der Waals surface area contributed by atoms with Crippen molar-refractivity contribution in [2.75, 3.05) is 0 Å². The van der Waals surface area contributed by atoms with Crippen LogP contribution in [0.2, 0.25) is 0 Å². The Morgan fingerprint density at radius 2 is 1.73 bits per heavy atom. The molecule has 0 saturated carbocycles. The highest BCUT2D eigenvalue weighted by atomic mass is 13.8. The summed E-state index contributed by atoms with van der Waals surface area (Å²) >= 11 is 0. The number of hydrogen-bond acceptors (Lipinski definition) is 0. The van der Waals surface area contributed by atoms with Crippen molar-refractivity contribution in [2.45, 2.75) is 20.8 Å². The van der Waals surface area contributed by atoms with Gasteiger partial charge >= 0.3 is 0 Å². The predicted octanol–water partition coefficient (Wildman–Crippen LogP) is 3.89. The SMILES string of the molecule is C=C/C=C\C(=C)/C=C\C.CC. The Bertz CT molecular complexity index is 147. The van der Waals surface area contributed by atoms with Crippen LogP contribution < -0.4 is 0 Å². The molecule has 0 amide bonds. The fourth-order valence-corrected chi connectivity index (χ4v) is 0.461. The summed E-state index contributed by atoms with van der Waals surface area (Å²) in [4.78, 5) is 0. The van der Waals surface area contributed by atoms with Crippen molar-refractivity contribution in [3.63, 3.8) is 0 Å². The van der Waals surface area contributed by atoms with E-state index in [4.69, 9.17) is 0 Å². The van der Waals surface area contributed by atoms with Crippen LogP contribution in [0.4, 0.5) is 0 Å². The molecule has 0 aromatic carbocycles. The van der Waals surface area contributed by atoms with Gasteiger partial charge in [0.25, 0.3) is 0 Å². The molecule has 0 aliphatic heterocycles. The monoisotopic (exact) mass is 150 g/mol. The quantitative estimate of drug-likeness (QED) is 0.535. The third-order valence-corrected chi connectivity index (χ3v) is 0.827. The standard InChI is InChI=1S/C9H12.C2H6/c1-4-6-8-9(3)7-5-2;1-2/h4-8H,1,3H2,2H3;1-2H3/b7-5-,8-6-;. The zero-order valence-corrected chi connectivity index (χ0v) is 7.80. The van der Waals surface area contributed by atoms with Crippen molar-refractivity contribution >= 4 is 0 Å². The Morgan fingerprint density at radius 3 is 2.09 bits per heavy atom. The molecule has 0 N–H and O–H groups in total. The Kier molecular flexibility index (Phi) is 13.4. The van der Waals surface area contributed by atoms with Gasteiger partial charge in [0.2, 0.25) is 0 Å². The van der Waals surface area contributed by atoms with E-state index in [2.05, 4.69) is 13.2 Å². The Hall–Kier alpha value is -1.04. The van der Waals surface area contributed by atoms with Gasteiger partial charge in [0, 0.05) is 0 Å². The first kappa shape index (κ1) is 12.6. The molecule has 0 saturated heterocycles. The van der Waals surface area contributed by atoms with Gasteiger partial charge in [-0.1, -0.05) is 57.4 Å². The maximum absolute atomic E-state index is 3.76. The van der Waals surface area contributed by atoms with Crippen LogP contribution in [0.1, 0.15) is 20.8 Å². The van der Waals surface area contributed by atoms with Crippen LogP contribution in [0.5, 0.6) is 0 Å². The van der Waals surface area contributed by atoms with Crippen molar-refractivity contribution in [1.29, 1.82) is 0 Å². The first-order valence-electron chi connectivity index (χ1n) is 3.92. The van der Waals surface area contributed by atoms with Crippen molar-refractivity contribution in [1.82, 2.24) is 0 Å². The fourth-order valence-electron chi connectivity index (χ4n) is 0.461. The van der Waals surface area contributed by atoms with Gasteiger partial charge < -0.3 is 0 Å². The third-order valence-electron chi connectivity index (χ3n) is 0.827. The molecule has 0 aliphatic rings. The number of allylic oxidation sites excluding steroid dienone is 6. The first-order valence-corrected chi connectivity index (χ1v) is 3.92. The number of rotatable bonds is 3. The van der Waals surface area contributed by atoms with Crippen LogP contribution in [-0.4, -0.2) is 0 Å². The minimum absolute atomic E-state index is 0.998. The summed E-state index contributed by atoms with van der Waals surface area (Å²) in [6.07, 6.45) is 9.40. The van der Waals surface area contributed by atoms with Crippen molar-refractivity contribution in [3.05, 3.63) is 49.1 Å². The maximum Gasteiger partial charge on any atom is -0.0332 e. The summed E-state index contributed by atoms with van der Waals surface area (Å²) in [5.41, 5.74) is 0.998. The Balaban J connectivity index is 0. The van der Waals surface area contributed by atoms with Crippen LogP contribution in [0.25, 0.3) is 0 Å². The van der Waals surface area contributed by atoms with Gasteiger partial charge in [-0.3, -0.25) is 0 Å². The predicted molar refractivity (Wildman–Crippen MR) is 54.6 cm³/mol. The lowest BCUT2D eigenvalue weighted by Gasteiger charge is -1.83. The molecular formula is C11H18. The highest BCUT2D eigenvalue weighted by molar-refractivity contribution is 5.28. The molecule has 11 heavy (non-hydrogen) atoms. The van der Waals surface area contributed by atoms with Gasteiger partial charge in [0.05, 0.1) is 0 Å².